The third-order valence-corrected chi connectivity index (χ3v) is 8.26. The van der Waals surface area contributed by atoms with Crippen molar-refractivity contribution >= 4 is 58.2 Å². The molecule has 0 aliphatic heterocycles. The lowest BCUT2D eigenvalue weighted by molar-refractivity contribution is -0.141. The summed E-state index contributed by atoms with van der Waals surface area (Å²) in [5.74, 6) is -0.449. The third-order valence-electron chi connectivity index (χ3n) is 6.97. The maximum Gasteiger partial charge on any atom is 0.243 e. The van der Waals surface area contributed by atoms with Crippen LogP contribution in [0.15, 0.2) is 66.7 Å². The fraction of sp³-hybridized carbons (Fsp3) is 0.333. The molecule has 1 N–H and O–H groups in total. The minimum absolute atomic E-state index is 0.0499. The van der Waals surface area contributed by atoms with Crippen molar-refractivity contribution in [2.75, 3.05) is 0 Å². The number of rotatable bonds is 9. The summed E-state index contributed by atoms with van der Waals surface area (Å²) in [4.78, 5) is 29.5. The first-order valence-electron chi connectivity index (χ1n) is 12.8. The van der Waals surface area contributed by atoms with Crippen molar-refractivity contribution in [2.45, 2.75) is 63.6 Å². The van der Waals surface area contributed by atoms with Crippen molar-refractivity contribution < 1.29 is 9.59 Å². The topological polar surface area (TPSA) is 49.4 Å². The van der Waals surface area contributed by atoms with Crippen molar-refractivity contribution in [3.05, 3.63) is 104 Å². The van der Waals surface area contributed by atoms with Gasteiger partial charge in [0.15, 0.2) is 0 Å². The van der Waals surface area contributed by atoms with Gasteiger partial charge in [-0.25, -0.2) is 0 Å². The summed E-state index contributed by atoms with van der Waals surface area (Å²) in [5, 5.41) is 4.96. The molecule has 1 aliphatic carbocycles. The Balaban J connectivity index is 1.71. The standard InChI is InChI=1S/C30H30Cl4N2O2/c31-22-15-14-21(27(34)17-22)19-36(29(37)18-24-25(32)12-7-13-26(24)33)28(16-20-8-3-1-4-9-20)30(38)35-23-10-5-2-6-11-23/h1,3-4,7-9,12-15,17,23,28H,2,5-6,10-11,16,18-19H2,(H,35,38)/t28-/m1/s1. The van der Waals surface area contributed by atoms with Crippen LogP contribution in [0.25, 0.3) is 0 Å². The number of nitrogens with one attached hydrogen (secondary N) is 1. The summed E-state index contributed by atoms with van der Waals surface area (Å²) in [7, 11) is 0. The van der Waals surface area contributed by atoms with Crippen LogP contribution < -0.4 is 5.32 Å². The zero-order valence-electron chi connectivity index (χ0n) is 20.9. The maximum atomic E-state index is 14.0. The van der Waals surface area contributed by atoms with Crippen LogP contribution in [-0.2, 0) is 29.0 Å². The normalized spacial score (nSPS) is 14.6. The first kappa shape index (κ1) is 28.8. The zero-order chi connectivity index (χ0) is 27.1. The van der Waals surface area contributed by atoms with E-state index in [0.717, 1.165) is 31.2 Å². The smallest absolute Gasteiger partial charge is 0.243 e. The number of hydrogen-bond acceptors (Lipinski definition) is 2. The van der Waals surface area contributed by atoms with E-state index in [1.54, 1.807) is 41.3 Å². The van der Waals surface area contributed by atoms with Gasteiger partial charge in [0, 0.05) is 39.1 Å². The fourth-order valence-electron chi connectivity index (χ4n) is 4.89. The summed E-state index contributed by atoms with van der Waals surface area (Å²) in [6.07, 6.45) is 5.53. The van der Waals surface area contributed by atoms with Gasteiger partial charge >= 0.3 is 0 Å². The second-order valence-corrected chi connectivity index (χ2v) is 11.3. The molecule has 3 aromatic rings. The van der Waals surface area contributed by atoms with E-state index in [2.05, 4.69) is 5.32 Å². The van der Waals surface area contributed by atoms with Crippen molar-refractivity contribution in [3.63, 3.8) is 0 Å². The van der Waals surface area contributed by atoms with Crippen LogP contribution in [-0.4, -0.2) is 28.8 Å². The molecule has 0 spiro atoms. The monoisotopic (exact) mass is 590 g/mol. The van der Waals surface area contributed by atoms with E-state index in [1.165, 1.54) is 6.42 Å². The van der Waals surface area contributed by atoms with Gasteiger partial charge < -0.3 is 10.2 Å². The van der Waals surface area contributed by atoms with Gasteiger partial charge in [0.1, 0.15) is 6.04 Å². The van der Waals surface area contributed by atoms with Crippen LogP contribution in [0.5, 0.6) is 0 Å². The average Bonchev–Trinajstić information content (AvgIpc) is 2.90. The highest BCUT2D eigenvalue weighted by Gasteiger charge is 2.32. The Kier molecular flexibility index (Phi) is 10.4. The highest BCUT2D eigenvalue weighted by molar-refractivity contribution is 6.36. The Labute approximate surface area is 244 Å². The second kappa shape index (κ2) is 13.7. The molecule has 1 saturated carbocycles. The number of benzene rings is 3. The second-order valence-electron chi connectivity index (χ2n) is 9.68. The molecule has 4 nitrogen and oxygen atoms in total. The van der Waals surface area contributed by atoms with Crippen LogP contribution in [0.4, 0.5) is 0 Å². The lowest BCUT2D eigenvalue weighted by atomic mass is 9.94. The van der Waals surface area contributed by atoms with Gasteiger partial charge in [-0.2, -0.15) is 0 Å². The van der Waals surface area contributed by atoms with Crippen molar-refractivity contribution in [2.24, 2.45) is 0 Å². The fourth-order valence-corrected chi connectivity index (χ4v) is 5.89. The molecular weight excluding hydrogens is 562 g/mol. The summed E-state index contributed by atoms with van der Waals surface area (Å²) in [5.41, 5.74) is 2.17. The first-order chi connectivity index (χ1) is 18.3. The average molecular weight is 592 g/mol. The van der Waals surface area contributed by atoms with Gasteiger partial charge in [0.2, 0.25) is 11.8 Å². The van der Waals surface area contributed by atoms with Crippen LogP contribution in [0.1, 0.15) is 48.8 Å². The van der Waals surface area contributed by atoms with E-state index >= 15 is 0 Å². The Bertz CT molecular complexity index is 1240. The number of carbonyl (C=O) groups excluding carboxylic acids is 2. The molecule has 1 aliphatic rings. The molecule has 200 valence electrons. The van der Waals surface area contributed by atoms with Crippen LogP contribution in [0, 0.1) is 0 Å². The molecule has 0 unspecified atom stereocenters. The highest BCUT2D eigenvalue weighted by Crippen LogP contribution is 2.28. The number of amides is 2. The third kappa shape index (κ3) is 7.66. The molecule has 0 heterocycles. The predicted molar refractivity (Wildman–Crippen MR) is 156 cm³/mol. The van der Waals surface area contributed by atoms with E-state index < -0.39 is 6.04 Å². The lowest BCUT2D eigenvalue weighted by Gasteiger charge is -2.34. The maximum absolute atomic E-state index is 14.0. The van der Waals surface area contributed by atoms with Gasteiger partial charge in [0.25, 0.3) is 0 Å². The quantitative estimate of drug-likeness (QED) is 0.275. The Morgan fingerprint density at radius 1 is 0.842 bits per heavy atom. The summed E-state index contributed by atoms with van der Waals surface area (Å²) >= 11 is 25.5. The lowest BCUT2D eigenvalue weighted by Crippen LogP contribution is -2.53. The number of halogens is 4. The van der Waals surface area contributed by atoms with E-state index in [1.807, 2.05) is 30.3 Å². The van der Waals surface area contributed by atoms with Crippen LogP contribution >= 0.6 is 46.4 Å². The minimum atomic E-state index is -0.764. The molecule has 0 saturated heterocycles. The summed E-state index contributed by atoms with van der Waals surface area (Å²) < 4.78 is 0. The van der Waals surface area contributed by atoms with E-state index in [9.17, 15) is 9.59 Å². The van der Waals surface area contributed by atoms with E-state index in [-0.39, 0.29) is 30.8 Å². The summed E-state index contributed by atoms with van der Waals surface area (Å²) in [6, 6.07) is 19.3. The van der Waals surface area contributed by atoms with Gasteiger partial charge in [0.05, 0.1) is 6.42 Å². The van der Waals surface area contributed by atoms with E-state index in [0.29, 0.717) is 37.6 Å². The van der Waals surface area contributed by atoms with Crippen molar-refractivity contribution in [1.82, 2.24) is 10.2 Å². The molecular formula is C30H30Cl4N2O2. The molecule has 1 fully saturated rings. The molecule has 0 aromatic heterocycles. The predicted octanol–water partition coefficient (Wildman–Crippen LogP) is 7.93. The molecule has 0 bridgehead atoms. The Hall–Kier alpha value is -2.24. The minimum Gasteiger partial charge on any atom is -0.352 e. The largest absolute Gasteiger partial charge is 0.352 e. The molecule has 4 rings (SSSR count). The van der Waals surface area contributed by atoms with E-state index in [4.69, 9.17) is 46.4 Å². The van der Waals surface area contributed by atoms with Gasteiger partial charge in [-0.3, -0.25) is 9.59 Å². The number of hydrogen-bond donors (Lipinski definition) is 1. The Morgan fingerprint density at radius 3 is 2.18 bits per heavy atom. The van der Waals surface area contributed by atoms with Crippen LogP contribution in [0.2, 0.25) is 20.1 Å². The Morgan fingerprint density at radius 2 is 1.53 bits per heavy atom. The molecule has 8 heteroatoms. The number of nitrogens with zero attached hydrogens (tertiary/aromatic N) is 1. The van der Waals surface area contributed by atoms with Crippen LogP contribution in [0.3, 0.4) is 0 Å². The molecule has 38 heavy (non-hydrogen) atoms. The van der Waals surface area contributed by atoms with Crippen molar-refractivity contribution in [1.29, 1.82) is 0 Å². The first-order valence-corrected chi connectivity index (χ1v) is 14.3. The van der Waals surface area contributed by atoms with Gasteiger partial charge in [-0.1, -0.05) is 108 Å². The van der Waals surface area contributed by atoms with Gasteiger partial charge in [-0.15, -0.1) is 0 Å². The molecule has 1 atom stereocenters. The molecule has 2 amide bonds. The highest BCUT2D eigenvalue weighted by atomic mass is 35.5. The van der Waals surface area contributed by atoms with Gasteiger partial charge in [-0.05, 0) is 53.8 Å². The van der Waals surface area contributed by atoms with Crippen molar-refractivity contribution in [3.8, 4) is 0 Å². The SMILES string of the molecule is O=C(NC1CCCCC1)[C@@H](Cc1ccccc1)N(Cc1ccc(Cl)cc1Cl)C(=O)Cc1c(Cl)cccc1Cl. The molecule has 0 radical (unpaired) electrons. The zero-order valence-corrected chi connectivity index (χ0v) is 24.0. The summed E-state index contributed by atoms with van der Waals surface area (Å²) in [6.45, 7) is 0.131. The number of carbonyl (C=O) groups is 2. The molecule has 3 aromatic carbocycles.